The van der Waals surface area contributed by atoms with Crippen molar-refractivity contribution in [3.05, 3.63) is 16.7 Å². The Kier molecular flexibility index (Phi) is 4.78. The largest absolute Gasteiger partial charge is 0.113 e. The summed E-state index contributed by atoms with van der Waals surface area (Å²) in [6.07, 6.45) is 2.13. The van der Waals surface area contributed by atoms with Gasteiger partial charge in [-0.3, -0.25) is 0 Å². The molecule has 14 heavy (non-hydrogen) atoms. The SMILES string of the molecule is CC(C)C=C=C1SC(=S)SC1C(C)C. The summed E-state index contributed by atoms with van der Waals surface area (Å²) in [6, 6.07) is 0. The van der Waals surface area contributed by atoms with E-state index in [2.05, 4.69) is 39.5 Å². The van der Waals surface area contributed by atoms with Gasteiger partial charge in [0, 0.05) is 4.91 Å². The summed E-state index contributed by atoms with van der Waals surface area (Å²) in [5, 5.41) is 0.530. The molecule has 0 aliphatic carbocycles. The van der Waals surface area contributed by atoms with E-state index in [-0.39, 0.29) is 0 Å². The number of thioether (sulfide) groups is 2. The third-order valence-corrected chi connectivity index (χ3v) is 5.05. The van der Waals surface area contributed by atoms with Gasteiger partial charge in [0.05, 0.1) is 5.25 Å². The van der Waals surface area contributed by atoms with E-state index in [1.54, 1.807) is 11.8 Å². The lowest BCUT2D eigenvalue weighted by atomic mass is 10.1. The molecule has 0 N–H and O–H groups in total. The molecule has 0 aromatic rings. The van der Waals surface area contributed by atoms with Gasteiger partial charge in [-0.1, -0.05) is 63.4 Å². The molecule has 3 heteroatoms. The van der Waals surface area contributed by atoms with Gasteiger partial charge in [0.1, 0.15) is 3.53 Å². The minimum absolute atomic E-state index is 0.530. The number of hydrogen-bond donors (Lipinski definition) is 0. The molecule has 1 heterocycles. The average molecular weight is 244 g/mol. The fraction of sp³-hybridized carbons (Fsp3) is 0.636. The molecule has 0 nitrogen and oxygen atoms in total. The van der Waals surface area contributed by atoms with E-state index >= 15 is 0 Å². The van der Waals surface area contributed by atoms with Crippen LogP contribution in [0.1, 0.15) is 27.7 Å². The molecule has 0 aromatic heterocycles. The van der Waals surface area contributed by atoms with E-state index in [9.17, 15) is 0 Å². The molecule has 0 aromatic carbocycles. The molecular weight excluding hydrogens is 228 g/mol. The van der Waals surface area contributed by atoms with Crippen molar-refractivity contribution in [1.29, 1.82) is 0 Å². The maximum Gasteiger partial charge on any atom is 0.109 e. The number of thiocarbonyl (C=S) groups is 1. The van der Waals surface area contributed by atoms with Crippen LogP contribution in [0.15, 0.2) is 16.7 Å². The molecule has 0 radical (unpaired) electrons. The van der Waals surface area contributed by atoms with Crippen molar-refractivity contribution in [2.24, 2.45) is 11.8 Å². The Morgan fingerprint density at radius 2 is 2.00 bits per heavy atom. The third-order valence-electron chi connectivity index (χ3n) is 1.84. The zero-order valence-electron chi connectivity index (χ0n) is 9.03. The minimum atomic E-state index is 0.530. The van der Waals surface area contributed by atoms with Crippen LogP contribution in [0.4, 0.5) is 0 Å². The lowest BCUT2D eigenvalue weighted by Gasteiger charge is -2.11. The van der Waals surface area contributed by atoms with E-state index < -0.39 is 0 Å². The van der Waals surface area contributed by atoms with Crippen molar-refractivity contribution in [3.63, 3.8) is 0 Å². The van der Waals surface area contributed by atoms with Crippen molar-refractivity contribution in [2.75, 3.05) is 0 Å². The van der Waals surface area contributed by atoms with E-state index in [1.165, 1.54) is 4.91 Å². The van der Waals surface area contributed by atoms with Gasteiger partial charge in [-0.25, -0.2) is 0 Å². The van der Waals surface area contributed by atoms with Crippen molar-refractivity contribution >= 4 is 39.3 Å². The first-order chi connectivity index (χ1) is 6.50. The second-order valence-electron chi connectivity index (χ2n) is 4.05. The molecule has 1 aliphatic rings. The van der Waals surface area contributed by atoms with Crippen LogP contribution in [-0.4, -0.2) is 8.78 Å². The van der Waals surface area contributed by atoms with Crippen LogP contribution >= 0.6 is 35.7 Å². The monoisotopic (exact) mass is 244 g/mol. The van der Waals surface area contributed by atoms with E-state index in [0.717, 1.165) is 3.53 Å². The molecule has 0 saturated carbocycles. The zero-order chi connectivity index (χ0) is 10.7. The lowest BCUT2D eigenvalue weighted by molar-refractivity contribution is 0.676. The van der Waals surface area contributed by atoms with Gasteiger partial charge in [-0.05, 0) is 17.9 Å². The molecule has 0 spiro atoms. The summed E-state index contributed by atoms with van der Waals surface area (Å²) in [5.41, 5.74) is 3.39. The average Bonchev–Trinajstić information content (AvgIpc) is 2.43. The first kappa shape index (κ1) is 12.4. The van der Waals surface area contributed by atoms with Gasteiger partial charge < -0.3 is 0 Å². The zero-order valence-corrected chi connectivity index (χ0v) is 11.5. The fourth-order valence-electron chi connectivity index (χ4n) is 1.13. The van der Waals surface area contributed by atoms with Gasteiger partial charge in [-0.15, -0.1) is 5.73 Å². The van der Waals surface area contributed by atoms with Crippen LogP contribution < -0.4 is 0 Å². The van der Waals surface area contributed by atoms with Gasteiger partial charge in [0.25, 0.3) is 0 Å². The lowest BCUT2D eigenvalue weighted by Crippen LogP contribution is -2.07. The van der Waals surface area contributed by atoms with Crippen LogP contribution in [0, 0.1) is 11.8 Å². The van der Waals surface area contributed by atoms with Crippen molar-refractivity contribution in [1.82, 2.24) is 0 Å². The van der Waals surface area contributed by atoms with Crippen LogP contribution in [0.3, 0.4) is 0 Å². The predicted octanol–water partition coefficient (Wildman–Crippen LogP) is 4.47. The molecule has 1 unspecified atom stereocenters. The molecule has 1 atom stereocenters. The Balaban J connectivity index is 2.86. The molecular formula is C11H16S3. The van der Waals surface area contributed by atoms with Crippen LogP contribution in [0.5, 0.6) is 0 Å². The van der Waals surface area contributed by atoms with Crippen LogP contribution in [-0.2, 0) is 0 Å². The van der Waals surface area contributed by atoms with Crippen LogP contribution in [0.2, 0.25) is 0 Å². The Labute approximate surface area is 101 Å². The molecule has 1 rings (SSSR count). The minimum Gasteiger partial charge on any atom is -0.113 e. The number of rotatable bonds is 2. The van der Waals surface area contributed by atoms with Gasteiger partial charge in [-0.2, -0.15) is 0 Å². The standard InChI is InChI=1S/C11H16S3/c1-7(2)5-6-9-10(8(3)4)14-11(12)13-9/h5,7-8,10H,1-4H3. The van der Waals surface area contributed by atoms with Gasteiger partial charge in [0.2, 0.25) is 0 Å². The van der Waals surface area contributed by atoms with E-state index in [4.69, 9.17) is 12.2 Å². The van der Waals surface area contributed by atoms with Crippen molar-refractivity contribution in [2.45, 2.75) is 32.9 Å². The summed E-state index contributed by atoms with van der Waals surface area (Å²) in [7, 11) is 0. The summed E-state index contributed by atoms with van der Waals surface area (Å²) >= 11 is 8.74. The third kappa shape index (κ3) is 3.47. The highest BCUT2D eigenvalue weighted by atomic mass is 32.2. The topological polar surface area (TPSA) is 0 Å². The fourth-order valence-corrected chi connectivity index (χ4v) is 4.12. The highest BCUT2D eigenvalue weighted by molar-refractivity contribution is 8.51. The summed E-state index contributed by atoms with van der Waals surface area (Å²) in [5.74, 6) is 1.20. The Hall–Kier alpha value is 0.310. The molecule has 1 saturated heterocycles. The first-order valence-electron chi connectivity index (χ1n) is 4.86. The smallest absolute Gasteiger partial charge is 0.109 e. The van der Waals surface area contributed by atoms with E-state index in [1.807, 2.05) is 11.8 Å². The Morgan fingerprint density at radius 1 is 1.36 bits per heavy atom. The highest BCUT2D eigenvalue weighted by Crippen LogP contribution is 2.45. The Bertz CT molecular complexity index is 283. The molecule has 0 amide bonds. The maximum atomic E-state index is 5.22. The Morgan fingerprint density at radius 3 is 2.50 bits per heavy atom. The van der Waals surface area contributed by atoms with Crippen molar-refractivity contribution < 1.29 is 0 Å². The molecule has 78 valence electrons. The molecule has 1 fully saturated rings. The van der Waals surface area contributed by atoms with Gasteiger partial charge in [0.15, 0.2) is 0 Å². The highest BCUT2D eigenvalue weighted by Gasteiger charge is 2.29. The maximum absolute atomic E-state index is 5.22. The normalized spacial score (nSPS) is 22.0. The summed E-state index contributed by atoms with van der Waals surface area (Å²) < 4.78 is 1.04. The summed E-state index contributed by atoms with van der Waals surface area (Å²) in [6.45, 7) is 8.82. The van der Waals surface area contributed by atoms with Crippen LogP contribution in [0.25, 0.3) is 0 Å². The van der Waals surface area contributed by atoms with Crippen molar-refractivity contribution in [3.8, 4) is 0 Å². The predicted molar refractivity (Wildman–Crippen MR) is 72.8 cm³/mol. The number of hydrogen-bond acceptors (Lipinski definition) is 3. The van der Waals surface area contributed by atoms with E-state index in [0.29, 0.717) is 17.1 Å². The quantitative estimate of drug-likeness (QED) is 0.519. The van der Waals surface area contributed by atoms with Gasteiger partial charge >= 0.3 is 0 Å². The molecule has 0 bridgehead atoms. The second kappa shape index (κ2) is 5.41. The second-order valence-corrected chi connectivity index (χ2v) is 7.44. The molecule has 1 aliphatic heterocycles. The summed E-state index contributed by atoms with van der Waals surface area (Å²) in [4.78, 5) is 1.31. The first-order valence-corrected chi connectivity index (χ1v) is 6.96.